The van der Waals surface area contributed by atoms with Gasteiger partial charge in [-0.2, -0.15) is 0 Å². The minimum atomic E-state index is -0.151. The molecule has 94 valence electrons. The van der Waals surface area contributed by atoms with Gasteiger partial charge in [-0.1, -0.05) is 26.2 Å². The molecule has 0 N–H and O–H groups in total. The molecule has 0 saturated heterocycles. The van der Waals surface area contributed by atoms with Gasteiger partial charge in [0.05, 0.1) is 14.2 Å². The highest BCUT2D eigenvalue weighted by Gasteiger charge is 2.08. The summed E-state index contributed by atoms with van der Waals surface area (Å²) < 4.78 is 9.14. The Morgan fingerprint density at radius 3 is 2.19 bits per heavy atom. The Morgan fingerprint density at radius 1 is 1.00 bits per heavy atom. The van der Waals surface area contributed by atoms with Crippen LogP contribution in [0.25, 0.3) is 0 Å². The standard InChI is InChI=1S/C12H22O4/c1-10(9-12(14)16-3)7-5-4-6-8-11(13)15-2/h10H,4-9H2,1-3H3/t10-/m1/s1. The number of rotatable bonds is 8. The zero-order chi connectivity index (χ0) is 12.4. The van der Waals surface area contributed by atoms with Crippen LogP contribution in [0.3, 0.4) is 0 Å². The lowest BCUT2D eigenvalue weighted by Crippen LogP contribution is -2.07. The molecule has 0 unspecified atom stereocenters. The first-order chi connectivity index (χ1) is 7.60. The molecule has 0 radical (unpaired) electrons. The summed E-state index contributed by atoms with van der Waals surface area (Å²) in [5, 5.41) is 0. The third kappa shape index (κ3) is 8.26. The molecular weight excluding hydrogens is 208 g/mol. The van der Waals surface area contributed by atoms with Gasteiger partial charge in [0.2, 0.25) is 0 Å². The number of ether oxygens (including phenoxy) is 2. The van der Waals surface area contributed by atoms with E-state index < -0.39 is 0 Å². The monoisotopic (exact) mass is 230 g/mol. The van der Waals surface area contributed by atoms with E-state index in [-0.39, 0.29) is 11.9 Å². The fourth-order valence-corrected chi connectivity index (χ4v) is 1.51. The molecule has 0 aliphatic heterocycles. The molecule has 4 heteroatoms. The first-order valence-corrected chi connectivity index (χ1v) is 5.73. The van der Waals surface area contributed by atoms with E-state index in [1.807, 2.05) is 6.92 Å². The first-order valence-electron chi connectivity index (χ1n) is 5.73. The number of unbranched alkanes of at least 4 members (excludes halogenated alkanes) is 2. The van der Waals surface area contributed by atoms with E-state index in [2.05, 4.69) is 9.47 Å². The molecule has 0 aromatic rings. The summed E-state index contributed by atoms with van der Waals surface area (Å²) in [4.78, 5) is 21.8. The summed E-state index contributed by atoms with van der Waals surface area (Å²) in [7, 11) is 2.81. The largest absolute Gasteiger partial charge is 0.469 e. The number of carbonyl (C=O) groups excluding carboxylic acids is 2. The molecule has 0 amide bonds. The minimum absolute atomic E-state index is 0.150. The van der Waals surface area contributed by atoms with Crippen molar-refractivity contribution in [3.05, 3.63) is 0 Å². The van der Waals surface area contributed by atoms with Gasteiger partial charge in [0, 0.05) is 12.8 Å². The Balaban J connectivity index is 3.37. The highest BCUT2D eigenvalue weighted by Crippen LogP contribution is 2.14. The molecule has 0 aromatic heterocycles. The second kappa shape index (κ2) is 9.19. The fourth-order valence-electron chi connectivity index (χ4n) is 1.51. The third-order valence-corrected chi connectivity index (χ3v) is 2.55. The van der Waals surface area contributed by atoms with E-state index in [4.69, 9.17) is 0 Å². The van der Waals surface area contributed by atoms with Crippen LogP contribution in [-0.2, 0) is 19.1 Å². The van der Waals surface area contributed by atoms with Crippen LogP contribution in [0.1, 0.15) is 45.4 Å². The van der Waals surface area contributed by atoms with E-state index in [0.29, 0.717) is 18.8 Å². The highest BCUT2D eigenvalue weighted by molar-refractivity contribution is 5.69. The second-order valence-electron chi connectivity index (χ2n) is 4.06. The van der Waals surface area contributed by atoms with Gasteiger partial charge in [-0.3, -0.25) is 9.59 Å². The summed E-state index contributed by atoms with van der Waals surface area (Å²) >= 11 is 0. The molecule has 4 nitrogen and oxygen atoms in total. The molecular formula is C12H22O4. The van der Waals surface area contributed by atoms with E-state index in [0.717, 1.165) is 25.7 Å². The van der Waals surface area contributed by atoms with Crippen molar-refractivity contribution in [2.24, 2.45) is 5.92 Å². The molecule has 0 bridgehead atoms. The van der Waals surface area contributed by atoms with Gasteiger partial charge in [-0.25, -0.2) is 0 Å². The van der Waals surface area contributed by atoms with Gasteiger partial charge in [0.1, 0.15) is 0 Å². The van der Waals surface area contributed by atoms with Gasteiger partial charge in [-0.15, -0.1) is 0 Å². The van der Waals surface area contributed by atoms with Gasteiger partial charge < -0.3 is 9.47 Å². The predicted octanol–water partition coefficient (Wildman–Crippen LogP) is 2.31. The van der Waals surface area contributed by atoms with Gasteiger partial charge >= 0.3 is 11.9 Å². The molecule has 0 aliphatic rings. The Labute approximate surface area is 97.3 Å². The molecule has 0 fully saturated rings. The van der Waals surface area contributed by atoms with Crippen molar-refractivity contribution in [1.29, 1.82) is 0 Å². The van der Waals surface area contributed by atoms with Crippen molar-refractivity contribution in [2.45, 2.75) is 45.4 Å². The van der Waals surface area contributed by atoms with Crippen LogP contribution in [0.5, 0.6) is 0 Å². The Morgan fingerprint density at radius 2 is 1.62 bits per heavy atom. The second-order valence-corrected chi connectivity index (χ2v) is 4.06. The normalized spacial score (nSPS) is 11.9. The van der Waals surface area contributed by atoms with Crippen LogP contribution in [-0.4, -0.2) is 26.2 Å². The molecule has 0 saturated carbocycles. The van der Waals surface area contributed by atoms with E-state index >= 15 is 0 Å². The Kier molecular flexibility index (Phi) is 8.58. The smallest absolute Gasteiger partial charge is 0.305 e. The summed E-state index contributed by atoms with van der Waals surface area (Å²) in [6.45, 7) is 2.04. The van der Waals surface area contributed by atoms with E-state index in [9.17, 15) is 9.59 Å². The van der Waals surface area contributed by atoms with Gasteiger partial charge in [0.15, 0.2) is 0 Å². The number of esters is 2. The van der Waals surface area contributed by atoms with E-state index in [1.54, 1.807) is 0 Å². The Bertz CT molecular complexity index is 213. The van der Waals surface area contributed by atoms with Crippen LogP contribution in [0.4, 0.5) is 0 Å². The third-order valence-electron chi connectivity index (χ3n) is 2.55. The van der Waals surface area contributed by atoms with Crippen LogP contribution >= 0.6 is 0 Å². The fraction of sp³-hybridized carbons (Fsp3) is 0.833. The minimum Gasteiger partial charge on any atom is -0.469 e. The molecule has 0 rings (SSSR count). The summed E-state index contributed by atoms with van der Waals surface area (Å²) in [6, 6.07) is 0. The number of hydrogen-bond donors (Lipinski definition) is 0. The molecule has 0 spiro atoms. The zero-order valence-electron chi connectivity index (χ0n) is 10.5. The van der Waals surface area contributed by atoms with Crippen molar-refractivity contribution in [3.63, 3.8) is 0 Å². The van der Waals surface area contributed by atoms with Crippen LogP contribution in [0.15, 0.2) is 0 Å². The topological polar surface area (TPSA) is 52.6 Å². The van der Waals surface area contributed by atoms with Crippen LogP contribution < -0.4 is 0 Å². The lowest BCUT2D eigenvalue weighted by Gasteiger charge is -2.09. The summed E-state index contributed by atoms with van der Waals surface area (Å²) in [5.41, 5.74) is 0. The first kappa shape index (κ1) is 14.9. The van der Waals surface area contributed by atoms with Crippen LogP contribution in [0.2, 0.25) is 0 Å². The maximum absolute atomic E-state index is 11.0. The van der Waals surface area contributed by atoms with Crippen molar-refractivity contribution < 1.29 is 19.1 Å². The molecule has 16 heavy (non-hydrogen) atoms. The van der Waals surface area contributed by atoms with Crippen molar-refractivity contribution >= 4 is 11.9 Å². The quantitative estimate of drug-likeness (QED) is 0.474. The van der Waals surface area contributed by atoms with Crippen LogP contribution in [0, 0.1) is 5.92 Å². The average molecular weight is 230 g/mol. The average Bonchev–Trinajstić information content (AvgIpc) is 2.27. The maximum atomic E-state index is 11.0. The maximum Gasteiger partial charge on any atom is 0.305 e. The highest BCUT2D eigenvalue weighted by atomic mass is 16.5. The van der Waals surface area contributed by atoms with Crippen molar-refractivity contribution in [2.75, 3.05) is 14.2 Å². The summed E-state index contributed by atoms with van der Waals surface area (Å²) in [5.74, 6) is 0.0512. The summed E-state index contributed by atoms with van der Waals surface area (Å²) in [6.07, 6.45) is 4.86. The SMILES string of the molecule is COC(=O)CCCCC[C@@H](C)CC(=O)OC. The molecule has 1 atom stereocenters. The lowest BCUT2D eigenvalue weighted by molar-refractivity contribution is -0.142. The lowest BCUT2D eigenvalue weighted by atomic mass is 9.99. The number of carbonyl (C=O) groups is 2. The zero-order valence-corrected chi connectivity index (χ0v) is 10.5. The molecule has 0 heterocycles. The van der Waals surface area contributed by atoms with Gasteiger partial charge in [-0.05, 0) is 12.3 Å². The Hall–Kier alpha value is -1.06. The number of methoxy groups -OCH3 is 2. The predicted molar refractivity (Wildman–Crippen MR) is 60.9 cm³/mol. The molecule has 0 aromatic carbocycles. The van der Waals surface area contributed by atoms with E-state index in [1.165, 1.54) is 14.2 Å². The van der Waals surface area contributed by atoms with Crippen molar-refractivity contribution in [1.82, 2.24) is 0 Å². The van der Waals surface area contributed by atoms with Gasteiger partial charge in [0.25, 0.3) is 0 Å². The van der Waals surface area contributed by atoms with Crippen molar-refractivity contribution in [3.8, 4) is 0 Å². The number of hydrogen-bond acceptors (Lipinski definition) is 4. The molecule has 0 aliphatic carbocycles.